The number of unbranched alkanes of at least 4 members (excludes halogenated alkanes) is 1. The summed E-state index contributed by atoms with van der Waals surface area (Å²) in [7, 11) is 0. The molecule has 88 valence electrons. The minimum Gasteiger partial charge on any atom is -0.343 e. The van der Waals surface area contributed by atoms with Crippen LogP contribution in [0.3, 0.4) is 0 Å². The van der Waals surface area contributed by atoms with E-state index in [1.807, 2.05) is 4.90 Å². The summed E-state index contributed by atoms with van der Waals surface area (Å²) in [5, 5.41) is 0. The van der Waals surface area contributed by atoms with E-state index < -0.39 is 0 Å². The first-order valence-corrected chi connectivity index (χ1v) is 6.51. The molecular formula is C13H25NO. The predicted molar refractivity (Wildman–Crippen MR) is 63.7 cm³/mol. The smallest absolute Gasteiger partial charge is 0.222 e. The Morgan fingerprint density at radius 1 is 1.33 bits per heavy atom. The van der Waals surface area contributed by atoms with E-state index in [1.54, 1.807) is 0 Å². The van der Waals surface area contributed by atoms with Crippen molar-refractivity contribution in [3.05, 3.63) is 0 Å². The lowest BCUT2D eigenvalue weighted by Gasteiger charge is -2.17. The molecule has 1 heterocycles. The third-order valence-electron chi connectivity index (χ3n) is 3.35. The molecule has 0 bridgehead atoms. The van der Waals surface area contributed by atoms with Gasteiger partial charge in [0.25, 0.3) is 0 Å². The van der Waals surface area contributed by atoms with E-state index in [2.05, 4.69) is 13.8 Å². The van der Waals surface area contributed by atoms with Crippen molar-refractivity contribution in [3.8, 4) is 0 Å². The molecule has 1 aliphatic heterocycles. The second-order valence-corrected chi connectivity index (χ2v) is 4.87. The highest BCUT2D eigenvalue weighted by molar-refractivity contribution is 5.77. The highest BCUT2D eigenvalue weighted by atomic mass is 16.2. The minimum atomic E-state index is 0.371. The third kappa shape index (κ3) is 4.67. The summed E-state index contributed by atoms with van der Waals surface area (Å²) in [4.78, 5) is 13.4. The summed E-state index contributed by atoms with van der Waals surface area (Å²) in [5.41, 5.74) is 0. The monoisotopic (exact) mass is 211 g/mol. The largest absolute Gasteiger partial charge is 0.343 e. The summed E-state index contributed by atoms with van der Waals surface area (Å²) in [6, 6.07) is 0. The van der Waals surface area contributed by atoms with Crippen molar-refractivity contribution in [2.24, 2.45) is 5.92 Å². The Bertz CT molecular complexity index is 191. The van der Waals surface area contributed by atoms with Gasteiger partial charge in [-0.05, 0) is 25.2 Å². The summed E-state index contributed by atoms with van der Waals surface area (Å²) in [6.45, 7) is 6.58. The molecule has 1 rings (SSSR count). The molecule has 1 saturated heterocycles. The molecule has 15 heavy (non-hydrogen) atoms. The van der Waals surface area contributed by atoms with Crippen LogP contribution in [0.15, 0.2) is 0 Å². The van der Waals surface area contributed by atoms with Gasteiger partial charge in [-0.1, -0.05) is 33.1 Å². The lowest BCUT2D eigenvalue weighted by molar-refractivity contribution is -0.127. The zero-order valence-corrected chi connectivity index (χ0v) is 10.3. The molecule has 1 atom stereocenters. The number of hydrogen-bond acceptors (Lipinski definition) is 1. The van der Waals surface area contributed by atoms with Crippen LogP contribution in [0.5, 0.6) is 0 Å². The highest BCUT2D eigenvalue weighted by Gasteiger charge is 2.19. The van der Waals surface area contributed by atoms with Crippen LogP contribution in [0, 0.1) is 5.92 Å². The number of hydrogen-bond donors (Lipinski definition) is 0. The van der Waals surface area contributed by atoms with Crippen molar-refractivity contribution >= 4 is 5.91 Å². The van der Waals surface area contributed by atoms with Crippen molar-refractivity contribution in [1.29, 1.82) is 0 Å². The fourth-order valence-corrected chi connectivity index (χ4v) is 2.27. The van der Waals surface area contributed by atoms with Gasteiger partial charge in [0.15, 0.2) is 0 Å². The fourth-order valence-electron chi connectivity index (χ4n) is 2.27. The molecule has 2 nitrogen and oxygen atoms in total. The molecule has 2 heteroatoms. The Labute approximate surface area is 94.0 Å². The SMILES string of the molecule is CCCCC(C)CCCN1CCCC1=O. The van der Waals surface area contributed by atoms with E-state index in [4.69, 9.17) is 0 Å². The summed E-state index contributed by atoms with van der Waals surface area (Å²) in [5.74, 6) is 1.21. The quantitative estimate of drug-likeness (QED) is 0.633. The number of amides is 1. The van der Waals surface area contributed by atoms with Crippen LogP contribution in [0.1, 0.15) is 58.8 Å². The number of nitrogens with zero attached hydrogens (tertiary/aromatic N) is 1. The molecule has 0 aromatic carbocycles. The maximum atomic E-state index is 11.3. The number of carbonyl (C=O) groups is 1. The van der Waals surface area contributed by atoms with Crippen LogP contribution in [-0.2, 0) is 4.79 Å². The molecule has 0 saturated carbocycles. The normalized spacial score (nSPS) is 18.5. The van der Waals surface area contributed by atoms with Crippen LogP contribution in [0.25, 0.3) is 0 Å². The number of rotatable bonds is 7. The van der Waals surface area contributed by atoms with E-state index in [9.17, 15) is 4.79 Å². The molecular weight excluding hydrogens is 186 g/mol. The van der Waals surface area contributed by atoms with Gasteiger partial charge < -0.3 is 4.90 Å². The number of likely N-dealkylation sites (tertiary alicyclic amines) is 1. The molecule has 1 unspecified atom stereocenters. The van der Waals surface area contributed by atoms with Gasteiger partial charge in [-0.3, -0.25) is 4.79 Å². The van der Waals surface area contributed by atoms with E-state index >= 15 is 0 Å². The van der Waals surface area contributed by atoms with Crippen molar-refractivity contribution in [1.82, 2.24) is 4.90 Å². The second kappa shape index (κ2) is 6.86. The van der Waals surface area contributed by atoms with Gasteiger partial charge >= 0.3 is 0 Å². The van der Waals surface area contributed by atoms with Crippen LogP contribution in [0.4, 0.5) is 0 Å². The first-order chi connectivity index (χ1) is 7.24. The molecule has 0 radical (unpaired) electrons. The van der Waals surface area contributed by atoms with Crippen LogP contribution in [0.2, 0.25) is 0 Å². The summed E-state index contributed by atoms with van der Waals surface area (Å²) >= 11 is 0. The van der Waals surface area contributed by atoms with Crippen molar-refractivity contribution in [2.75, 3.05) is 13.1 Å². The van der Waals surface area contributed by atoms with Gasteiger partial charge in [-0.2, -0.15) is 0 Å². The van der Waals surface area contributed by atoms with Crippen molar-refractivity contribution in [2.45, 2.75) is 58.8 Å². The molecule has 0 N–H and O–H groups in total. The van der Waals surface area contributed by atoms with Gasteiger partial charge in [0, 0.05) is 19.5 Å². The average molecular weight is 211 g/mol. The number of carbonyl (C=O) groups excluding carboxylic acids is 1. The van der Waals surface area contributed by atoms with E-state index in [-0.39, 0.29) is 0 Å². The fraction of sp³-hybridized carbons (Fsp3) is 0.923. The summed E-state index contributed by atoms with van der Waals surface area (Å²) in [6.07, 6.45) is 8.33. The molecule has 0 aromatic rings. The van der Waals surface area contributed by atoms with Gasteiger partial charge in [0.1, 0.15) is 0 Å². The minimum absolute atomic E-state index is 0.371. The maximum absolute atomic E-state index is 11.3. The Hall–Kier alpha value is -0.530. The topological polar surface area (TPSA) is 20.3 Å². The van der Waals surface area contributed by atoms with E-state index in [0.29, 0.717) is 5.91 Å². The van der Waals surface area contributed by atoms with Gasteiger partial charge in [-0.15, -0.1) is 0 Å². The first-order valence-electron chi connectivity index (χ1n) is 6.51. The zero-order chi connectivity index (χ0) is 11.1. The van der Waals surface area contributed by atoms with Gasteiger partial charge in [0.05, 0.1) is 0 Å². The Morgan fingerprint density at radius 2 is 2.07 bits per heavy atom. The predicted octanol–water partition coefficient (Wildman–Crippen LogP) is 3.22. The Kier molecular flexibility index (Phi) is 5.74. The van der Waals surface area contributed by atoms with Crippen molar-refractivity contribution in [3.63, 3.8) is 0 Å². The molecule has 0 aromatic heterocycles. The Morgan fingerprint density at radius 3 is 2.67 bits per heavy atom. The maximum Gasteiger partial charge on any atom is 0.222 e. The molecule has 0 aliphatic carbocycles. The molecule has 0 spiro atoms. The van der Waals surface area contributed by atoms with Crippen LogP contribution < -0.4 is 0 Å². The highest BCUT2D eigenvalue weighted by Crippen LogP contribution is 2.16. The lowest BCUT2D eigenvalue weighted by atomic mass is 9.99. The molecule has 1 fully saturated rings. The third-order valence-corrected chi connectivity index (χ3v) is 3.35. The second-order valence-electron chi connectivity index (χ2n) is 4.87. The van der Waals surface area contributed by atoms with Gasteiger partial charge in [-0.25, -0.2) is 0 Å². The lowest BCUT2D eigenvalue weighted by Crippen LogP contribution is -2.25. The van der Waals surface area contributed by atoms with E-state index in [0.717, 1.165) is 31.8 Å². The average Bonchev–Trinajstić information content (AvgIpc) is 2.61. The van der Waals surface area contributed by atoms with Crippen molar-refractivity contribution < 1.29 is 4.79 Å². The first kappa shape index (κ1) is 12.5. The standard InChI is InChI=1S/C13H25NO/c1-3-4-7-12(2)8-5-10-14-11-6-9-13(14)15/h12H,3-11H2,1-2H3. The molecule has 1 amide bonds. The van der Waals surface area contributed by atoms with Crippen LogP contribution >= 0.6 is 0 Å². The zero-order valence-electron chi connectivity index (χ0n) is 10.3. The van der Waals surface area contributed by atoms with Gasteiger partial charge in [0.2, 0.25) is 5.91 Å². The molecule has 1 aliphatic rings. The van der Waals surface area contributed by atoms with E-state index in [1.165, 1.54) is 32.1 Å². The van der Waals surface area contributed by atoms with Crippen LogP contribution in [-0.4, -0.2) is 23.9 Å². The summed E-state index contributed by atoms with van der Waals surface area (Å²) < 4.78 is 0. The Balaban J connectivity index is 2.02.